The molecule has 0 saturated carbocycles. The summed E-state index contributed by atoms with van der Waals surface area (Å²) in [4.78, 5) is 11.4. The Morgan fingerprint density at radius 1 is 1.56 bits per heavy atom. The zero-order chi connectivity index (χ0) is 11.8. The van der Waals surface area contributed by atoms with E-state index >= 15 is 0 Å². The van der Waals surface area contributed by atoms with Gasteiger partial charge in [0, 0.05) is 5.69 Å². The number of nitrogens with zero attached hydrogens (tertiary/aromatic N) is 1. The van der Waals surface area contributed by atoms with Gasteiger partial charge < -0.3 is 10.4 Å². The summed E-state index contributed by atoms with van der Waals surface area (Å²) in [5.41, 5.74) is 1.41. The zero-order valence-electron chi connectivity index (χ0n) is 8.64. The van der Waals surface area contributed by atoms with Crippen molar-refractivity contribution in [2.45, 2.75) is 6.61 Å². The number of hydrogen-bond acceptors (Lipinski definition) is 4. The van der Waals surface area contributed by atoms with Gasteiger partial charge >= 0.3 is 0 Å². The van der Waals surface area contributed by atoms with Gasteiger partial charge in [0.1, 0.15) is 0 Å². The van der Waals surface area contributed by atoms with Crippen molar-refractivity contribution in [2.75, 3.05) is 16.8 Å². The third-order valence-corrected chi connectivity index (χ3v) is 2.59. The molecule has 1 amide bonds. The minimum atomic E-state index is -0.143. The maximum absolute atomic E-state index is 11.4. The maximum atomic E-state index is 11.4. The number of amides is 1. The molecule has 84 valence electrons. The number of carbonyl (C=O) groups excluding carboxylic acids is 1. The molecule has 0 heterocycles. The highest BCUT2D eigenvalue weighted by Gasteiger charge is 2.02. The smallest absolute Gasteiger partial charge is 0.234 e. The minimum Gasteiger partial charge on any atom is -0.392 e. The molecule has 1 aromatic carbocycles. The molecule has 0 bridgehead atoms. The number of anilines is 1. The van der Waals surface area contributed by atoms with Crippen LogP contribution < -0.4 is 5.32 Å². The second-order valence-corrected chi connectivity index (χ2v) is 4.04. The van der Waals surface area contributed by atoms with E-state index in [1.165, 1.54) is 11.8 Å². The molecular weight excluding hydrogens is 224 g/mol. The average molecular weight is 236 g/mol. The second-order valence-electron chi connectivity index (χ2n) is 3.06. The molecule has 5 heteroatoms. The minimum absolute atomic E-state index is 0.0487. The number of aliphatic hydroxyl groups excluding tert-OH is 1. The molecule has 0 aliphatic heterocycles. The van der Waals surface area contributed by atoms with E-state index < -0.39 is 0 Å². The molecule has 1 rings (SSSR count). The molecule has 0 saturated heterocycles. The van der Waals surface area contributed by atoms with Crippen LogP contribution in [0.4, 0.5) is 5.69 Å². The first kappa shape index (κ1) is 12.6. The number of thioether (sulfide) groups is 1. The van der Waals surface area contributed by atoms with Gasteiger partial charge in [0.2, 0.25) is 5.91 Å². The Bertz CT molecular complexity index is 401. The first-order valence-corrected chi connectivity index (χ1v) is 5.86. The molecule has 0 aliphatic rings. The van der Waals surface area contributed by atoms with E-state index in [4.69, 9.17) is 10.4 Å². The number of rotatable bonds is 5. The largest absolute Gasteiger partial charge is 0.392 e. The first-order chi connectivity index (χ1) is 7.76. The van der Waals surface area contributed by atoms with Gasteiger partial charge in [0.05, 0.1) is 24.2 Å². The van der Waals surface area contributed by atoms with E-state index in [2.05, 4.69) is 5.32 Å². The summed E-state index contributed by atoms with van der Waals surface area (Å²) < 4.78 is 0. The van der Waals surface area contributed by atoms with Crippen LogP contribution in [0.15, 0.2) is 24.3 Å². The van der Waals surface area contributed by atoms with E-state index in [0.717, 1.165) is 5.56 Å². The fraction of sp³-hybridized carbons (Fsp3) is 0.273. The Balaban J connectivity index is 2.46. The Labute approximate surface area is 98.3 Å². The fourth-order valence-corrected chi connectivity index (χ4v) is 1.58. The number of carbonyl (C=O) groups is 1. The normalized spacial score (nSPS) is 9.50. The first-order valence-electron chi connectivity index (χ1n) is 4.70. The van der Waals surface area contributed by atoms with Crippen molar-refractivity contribution >= 4 is 23.4 Å². The summed E-state index contributed by atoms with van der Waals surface area (Å²) in [5, 5.41) is 19.9. The summed E-state index contributed by atoms with van der Waals surface area (Å²) in [6, 6.07) is 8.97. The Morgan fingerprint density at radius 3 is 3.06 bits per heavy atom. The van der Waals surface area contributed by atoms with Crippen LogP contribution in [0.5, 0.6) is 0 Å². The lowest BCUT2D eigenvalue weighted by Gasteiger charge is -2.05. The van der Waals surface area contributed by atoms with Crippen LogP contribution in [0.25, 0.3) is 0 Å². The number of aliphatic hydroxyl groups is 1. The van der Waals surface area contributed by atoms with E-state index in [9.17, 15) is 4.79 Å². The van der Waals surface area contributed by atoms with Crippen molar-refractivity contribution in [3.63, 3.8) is 0 Å². The molecule has 4 nitrogen and oxygen atoms in total. The summed E-state index contributed by atoms with van der Waals surface area (Å²) in [6.45, 7) is -0.0487. The molecule has 0 spiro atoms. The molecule has 0 aliphatic carbocycles. The Hall–Kier alpha value is -1.51. The standard InChI is InChI=1S/C11H12N2O2S/c12-4-5-16-8-11(15)13-10-3-1-2-9(6-10)7-14/h1-3,6,14H,5,7-8H2,(H,13,15). The zero-order valence-corrected chi connectivity index (χ0v) is 9.46. The van der Waals surface area contributed by atoms with Crippen LogP contribution in [0.3, 0.4) is 0 Å². The molecular formula is C11H12N2O2S. The molecule has 0 unspecified atom stereocenters. The van der Waals surface area contributed by atoms with Crippen LogP contribution in [-0.2, 0) is 11.4 Å². The highest BCUT2D eigenvalue weighted by atomic mass is 32.2. The van der Waals surface area contributed by atoms with Gasteiger partial charge in [-0.25, -0.2) is 0 Å². The molecule has 2 N–H and O–H groups in total. The van der Waals surface area contributed by atoms with E-state index in [-0.39, 0.29) is 18.3 Å². The van der Waals surface area contributed by atoms with E-state index in [1.807, 2.05) is 6.07 Å². The SMILES string of the molecule is N#CCSCC(=O)Nc1cccc(CO)c1. The molecule has 1 aromatic rings. The highest BCUT2D eigenvalue weighted by Crippen LogP contribution is 2.11. The Kier molecular flexibility index (Phi) is 5.40. The third kappa shape index (κ3) is 4.34. The van der Waals surface area contributed by atoms with E-state index in [1.54, 1.807) is 24.3 Å². The summed E-state index contributed by atoms with van der Waals surface area (Å²) >= 11 is 1.27. The summed E-state index contributed by atoms with van der Waals surface area (Å²) in [7, 11) is 0. The van der Waals surface area contributed by atoms with Gasteiger partial charge in [-0.15, -0.1) is 11.8 Å². The third-order valence-electron chi connectivity index (χ3n) is 1.79. The van der Waals surface area contributed by atoms with Gasteiger partial charge in [0.15, 0.2) is 0 Å². The number of nitrogens with one attached hydrogen (secondary N) is 1. The maximum Gasteiger partial charge on any atom is 0.234 e. The predicted molar refractivity (Wildman–Crippen MR) is 63.9 cm³/mol. The van der Waals surface area contributed by atoms with Crippen LogP contribution >= 0.6 is 11.8 Å². The number of benzene rings is 1. The van der Waals surface area contributed by atoms with Crippen molar-refractivity contribution in [1.29, 1.82) is 5.26 Å². The lowest BCUT2D eigenvalue weighted by atomic mass is 10.2. The fourth-order valence-electron chi connectivity index (χ4n) is 1.13. The van der Waals surface area contributed by atoms with Crippen molar-refractivity contribution in [1.82, 2.24) is 0 Å². The van der Waals surface area contributed by atoms with Gasteiger partial charge in [-0.3, -0.25) is 4.79 Å². The lowest BCUT2D eigenvalue weighted by molar-refractivity contribution is -0.113. The van der Waals surface area contributed by atoms with Crippen LogP contribution in [0.1, 0.15) is 5.56 Å². The van der Waals surface area contributed by atoms with E-state index in [0.29, 0.717) is 11.4 Å². The quantitative estimate of drug-likeness (QED) is 0.757. The second kappa shape index (κ2) is 6.88. The molecule has 0 radical (unpaired) electrons. The van der Waals surface area contributed by atoms with Gasteiger partial charge in [-0.2, -0.15) is 5.26 Å². The van der Waals surface area contributed by atoms with Crippen molar-refractivity contribution < 1.29 is 9.90 Å². The number of nitriles is 1. The average Bonchev–Trinajstić information content (AvgIpc) is 2.29. The Morgan fingerprint density at radius 2 is 2.38 bits per heavy atom. The molecule has 0 fully saturated rings. The molecule has 0 aromatic heterocycles. The van der Waals surface area contributed by atoms with Crippen molar-refractivity contribution in [3.8, 4) is 6.07 Å². The van der Waals surface area contributed by atoms with Gasteiger partial charge in [-0.05, 0) is 17.7 Å². The monoisotopic (exact) mass is 236 g/mol. The lowest BCUT2D eigenvalue weighted by Crippen LogP contribution is -2.14. The van der Waals surface area contributed by atoms with Crippen molar-refractivity contribution in [2.24, 2.45) is 0 Å². The summed E-state index contributed by atoms with van der Waals surface area (Å²) in [6.07, 6.45) is 0. The number of hydrogen-bond donors (Lipinski definition) is 2. The molecule has 0 atom stereocenters. The van der Waals surface area contributed by atoms with Gasteiger partial charge in [-0.1, -0.05) is 12.1 Å². The molecule has 16 heavy (non-hydrogen) atoms. The highest BCUT2D eigenvalue weighted by molar-refractivity contribution is 8.00. The van der Waals surface area contributed by atoms with Gasteiger partial charge in [0.25, 0.3) is 0 Å². The van der Waals surface area contributed by atoms with Crippen LogP contribution in [-0.4, -0.2) is 22.5 Å². The van der Waals surface area contributed by atoms with Crippen molar-refractivity contribution in [3.05, 3.63) is 29.8 Å². The topological polar surface area (TPSA) is 73.1 Å². The summed E-state index contributed by atoms with van der Waals surface area (Å²) in [5.74, 6) is 0.427. The predicted octanol–water partition coefficient (Wildman–Crippen LogP) is 1.37. The van der Waals surface area contributed by atoms with Crippen LogP contribution in [0.2, 0.25) is 0 Å². The van der Waals surface area contributed by atoms with Crippen LogP contribution in [0, 0.1) is 11.3 Å².